The van der Waals surface area contributed by atoms with Crippen molar-refractivity contribution in [1.29, 1.82) is 0 Å². The van der Waals surface area contributed by atoms with Crippen LogP contribution in [-0.4, -0.2) is 16.0 Å². The molecule has 0 saturated carbocycles. The maximum absolute atomic E-state index is 11.4. The number of primary amides is 1. The molecular weight excluding hydrogens is 230 g/mol. The van der Waals surface area contributed by atoms with Crippen LogP contribution in [0.2, 0.25) is 0 Å². The Morgan fingerprint density at radius 3 is 2.67 bits per heavy atom. The van der Waals surface area contributed by atoms with Crippen LogP contribution in [0.15, 0.2) is 47.1 Å². The maximum atomic E-state index is 11.4. The van der Waals surface area contributed by atoms with Crippen LogP contribution in [0.1, 0.15) is 10.4 Å². The first kappa shape index (κ1) is 10.5. The number of carbonyl (C=O) groups excluding carboxylic acids is 1. The van der Waals surface area contributed by atoms with Gasteiger partial charge in [-0.1, -0.05) is 35.5 Å². The molecule has 5 heteroatoms. The van der Waals surface area contributed by atoms with Gasteiger partial charge in [-0.25, -0.2) is 4.98 Å². The molecule has 0 radical (unpaired) electrons. The zero-order valence-electron chi connectivity index (χ0n) is 9.33. The standard InChI is InChI=1S/C13H9N3O2/c14-12(17)9-6-7-15-13-10(9)11(16-18-13)8-4-2-1-3-5-8/h1-7H,(H2,14,17). The minimum absolute atomic E-state index is 0.310. The number of hydrogen-bond donors (Lipinski definition) is 1. The number of pyridine rings is 1. The Bertz CT molecular complexity index is 719. The third-order valence-corrected chi connectivity index (χ3v) is 2.69. The lowest BCUT2D eigenvalue weighted by Gasteiger charge is -1.99. The zero-order valence-corrected chi connectivity index (χ0v) is 9.33. The molecule has 18 heavy (non-hydrogen) atoms. The molecule has 88 valence electrons. The van der Waals surface area contributed by atoms with Gasteiger partial charge in [0.2, 0.25) is 5.91 Å². The molecule has 0 bridgehead atoms. The van der Waals surface area contributed by atoms with Crippen molar-refractivity contribution in [1.82, 2.24) is 10.1 Å². The summed E-state index contributed by atoms with van der Waals surface area (Å²) in [6, 6.07) is 11.0. The number of fused-ring (bicyclic) bond motifs is 1. The Hall–Kier alpha value is -2.69. The number of hydrogen-bond acceptors (Lipinski definition) is 4. The molecule has 1 aromatic carbocycles. The average molecular weight is 239 g/mol. The van der Waals surface area contributed by atoms with Crippen molar-refractivity contribution in [3.8, 4) is 11.3 Å². The minimum Gasteiger partial charge on any atom is -0.366 e. The summed E-state index contributed by atoms with van der Waals surface area (Å²) in [6.07, 6.45) is 1.47. The SMILES string of the molecule is NC(=O)c1ccnc2onc(-c3ccccc3)c12. The number of aromatic nitrogens is 2. The highest BCUT2D eigenvalue weighted by molar-refractivity contribution is 6.08. The first-order valence-electron chi connectivity index (χ1n) is 5.37. The molecule has 3 rings (SSSR count). The number of amides is 1. The lowest BCUT2D eigenvalue weighted by molar-refractivity contribution is 0.100. The second kappa shape index (κ2) is 3.96. The average Bonchev–Trinajstić information content (AvgIpc) is 2.83. The van der Waals surface area contributed by atoms with Crippen LogP contribution >= 0.6 is 0 Å². The maximum Gasteiger partial charge on any atom is 0.259 e. The number of carbonyl (C=O) groups is 1. The molecule has 2 N–H and O–H groups in total. The molecule has 1 amide bonds. The van der Waals surface area contributed by atoms with Crippen LogP contribution in [0.3, 0.4) is 0 Å². The first-order valence-corrected chi connectivity index (χ1v) is 5.37. The van der Waals surface area contributed by atoms with Gasteiger partial charge in [-0.2, -0.15) is 0 Å². The van der Waals surface area contributed by atoms with Crippen molar-refractivity contribution in [3.05, 3.63) is 48.2 Å². The van der Waals surface area contributed by atoms with E-state index in [4.69, 9.17) is 10.3 Å². The fourth-order valence-corrected chi connectivity index (χ4v) is 1.87. The summed E-state index contributed by atoms with van der Waals surface area (Å²) in [4.78, 5) is 15.5. The van der Waals surface area contributed by atoms with E-state index in [2.05, 4.69) is 10.1 Å². The molecule has 2 heterocycles. The summed E-state index contributed by atoms with van der Waals surface area (Å²) >= 11 is 0. The summed E-state index contributed by atoms with van der Waals surface area (Å²) in [6.45, 7) is 0. The molecule has 0 unspecified atom stereocenters. The highest BCUT2D eigenvalue weighted by Gasteiger charge is 2.17. The van der Waals surface area contributed by atoms with E-state index >= 15 is 0 Å². The van der Waals surface area contributed by atoms with Gasteiger partial charge >= 0.3 is 0 Å². The highest BCUT2D eigenvalue weighted by Crippen LogP contribution is 2.28. The van der Waals surface area contributed by atoms with Crippen LogP contribution < -0.4 is 5.73 Å². The summed E-state index contributed by atoms with van der Waals surface area (Å²) in [5.74, 6) is -0.525. The largest absolute Gasteiger partial charge is 0.366 e. The summed E-state index contributed by atoms with van der Waals surface area (Å²) in [5.41, 5.74) is 7.45. The van der Waals surface area contributed by atoms with Crippen LogP contribution in [0.4, 0.5) is 0 Å². The van der Waals surface area contributed by atoms with Crippen molar-refractivity contribution in [3.63, 3.8) is 0 Å². The summed E-state index contributed by atoms with van der Waals surface area (Å²) in [5, 5.41) is 4.52. The van der Waals surface area contributed by atoms with E-state index in [0.29, 0.717) is 22.4 Å². The summed E-state index contributed by atoms with van der Waals surface area (Å²) < 4.78 is 5.13. The van der Waals surface area contributed by atoms with Gasteiger partial charge in [0.05, 0.1) is 10.9 Å². The molecule has 0 atom stereocenters. The fraction of sp³-hybridized carbons (Fsp3) is 0. The normalized spacial score (nSPS) is 10.7. The van der Waals surface area contributed by atoms with Gasteiger partial charge in [0, 0.05) is 11.8 Å². The van der Waals surface area contributed by atoms with E-state index in [-0.39, 0.29) is 0 Å². The van der Waals surface area contributed by atoms with Crippen molar-refractivity contribution in [2.75, 3.05) is 0 Å². The molecule has 0 aliphatic rings. The minimum atomic E-state index is -0.525. The number of benzene rings is 1. The second-order valence-electron chi connectivity index (χ2n) is 3.80. The second-order valence-corrected chi connectivity index (χ2v) is 3.80. The monoisotopic (exact) mass is 239 g/mol. The van der Waals surface area contributed by atoms with E-state index in [1.54, 1.807) is 6.07 Å². The van der Waals surface area contributed by atoms with Crippen LogP contribution in [0.5, 0.6) is 0 Å². The molecule has 0 saturated heterocycles. The molecule has 2 aromatic heterocycles. The van der Waals surface area contributed by atoms with Gasteiger partial charge in [0.15, 0.2) is 0 Å². The van der Waals surface area contributed by atoms with Crippen molar-refractivity contribution in [2.24, 2.45) is 5.73 Å². The Morgan fingerprint density at radius 1 is 1.17 bits per heavy atom. The molecule has 5 nitrogen and oxygen atoms in total. The molecule has 0 fully saturated rings. The number of nitrogens with two attached hydrogens (primary N) is 1. The van der Waals surface area contributed by atoms with E-state index in [0.717, 1.165) is 5.56 Å². The topological polar surface area (TPSA) is 82.0 Å². The van der Waals surface area contributed by atoms with Gasteiger partial charge in [0.1, 0.15) is 5.69 Å². The van der Waals surface area contributed by atoms with Crippen LogP contribution in [0, 0.1) is 0 Å². The Kier molecular flexibility index (Phi) is 2.30. The van der Waals surface area contributed by atoms with E-state index < -0.39 is 5.91 Å². The van der Waals surface area contributed by atoms with E-state index in [1.807, 2.05) is 30.3 Å². The Balaban J connectivity index is 2.35. The number of rotatable bonds is 2. The first-order chi connectivity index (χ1) is 8.77. The predicted octanol–water partition coefficient (Wildman–Crippen LogP) is 1.99. The highest BCUT2D eigenvalue weighted by atomic mass is 16.5. The molecular formula is C13H9N3O2. The van der Waals surface area contributed by atoms with Gasteiger partial charge in [-0.15, -0.1) is 0 Å². The van der Waals surface area contributed by atoms with Gasteiger partial charge in [-0.05, 0) is 6.07 Å². The quantitative estimate of drug-likeness (QED) is 0.741. The van der Waals surface area contributed by atoms with Gasteiger partial charge in [-0.3, -0.25) is 4.79 Å². The lowest BCUT2D eigenvalue weighted by Crippen LogP contribution is -2.11. The van der Waals surface area contributed by atoms with E-state index in [1.165, 1.54) is 6.20 Å². The molecule has 0 spiro atoms. The Morgan fingerprint density at radius 2 is 1.94 bits per heavy atom. The van der Waals surface area contributed by atoms with Crippen LogP contribution in [-0.2, 0) is 0 Å². The Labute approximate surface area is 102 Å². The smallest absolute Gasteiger partial charge is 0.259 e. The van der Waals surface area contributed by atoms with Crippen molar-refractivity contribution in [2.45, 2.75) is 0 Å². The molecule has 3 aromatic rings. The third kappa shape index (κ3) is 1.53. The lowest BCUT2D eigenvalue weighted by atomic mass is 10.1. The van der Waals surface area contributed by atoms with E-state index in [9.17, 15) is 4.79 Å². The predicted molar refractivity (Wildman–Crippen MR) is 65.8 cm³/mol. The van der Waals surface area contributed by atoms with Gasteiger partial charge in [0.25, 0.3) is 5.71 Å². The van der Waals surface area contributed by atoms with Crippen LogP contribution in [0.25, 0.3) is 22.4 Å². The fourth-order valence-electron chi connectivity index (χ4n) is 1.87. The zero-order chi connectivity index (χ0) is 12.5. The van der Waals surface area contributed by atoms with Gasteiger partial charge < -0.3 is 10.3 Å². The molecule has 0 aliphatic carbocycles. The molecule has 0 aliphatic heterocycles. The van der Waals surface area contributed by atoms with Crippen molar-refractivity contribution < 1.29 is 9.32 Å². The summed E-state index contributed by atoms with van der Waals surface area (Å²) in [7, 11) is 0. The van der Waals surface area contributed by atoms with Crippen molar-refractivity contribution >= 4 is 17.0 Å². The third-order valence-electron chi connectivity index (χ3n) is 2.69. The number of nitrogens with zero attached hydrogens (tertiary/aromatic N) is 2.